The van der Waals surface area contributed by atoms with Crippen LogP contribution in [0.5, 0.6) is 0 Å². The number of alkyl halides is 4. The van der Waals surface area contributed by atoms with E-state index in [-0.39, 0.29) is 55.8 Å². The number of rotatable bonds is 11. The van der Waals surface area contributed by atoms with E-state index in [9.17, 15) is 31.9 Å². The molecule has 1 atom stereocenters. The molecule has 12 nitrogen and oxygen atoms in total. The highest BCUT2D eigenvalue weighted by Gasteiger charge is 2.30. The van der Waals surface area contributed by atoms with Crippen LogP contribution in [0.2, 0.25) is 0 Å². The molecule has 0 aliphatic heterocycles. The maximum atomic E-state index is 14.5. The normalized spacial score (nSPS) is 12.3. The van der Waals surface area contributed by atoms with Gasteiger partial charge in [-0.2, -0.15) is 18.2 Å². The van der Waals surface area contributed by atoms with E-state index in [2.05, 4.69) is 30.9 Å². The van der Waals surface area contributed by atoms with E-state index < -0.39 is 35.6 Å². The summed E-state index contributed by atoms with van der Waals surface area (Å²) in [4.78, 5) is 43.6. The summed E-state index contributed by atoms with van der Waals surface area (Å²) < 4.78 is 60.2. The summed E-state index contributed by atoms with van der Waals surface area (Å²) in [6.45, 7) is 3.38. The zero-order valence-corrected chi connectivity index (χ0v) is 21.0. The molecule has 0 aliphatic rings. The van der Waals surface area contributed by atoms with Crippen molar-refractivity contribution >= 4 is 17.8 Å². The van der Waals surface area contributed by atoms with Crippen molar-refractivity contribution in [2.75, 3.05) is 11.9 Å². The molecule has 0 aliphatic carbocycles. The lowest BCUT2D eigenvalue weighted by atomic mass is 10.2. The number of pyridine rings is 1. The van der Waals surface area contributed by atoms with Gasteiger partial charge >= 0.3 is 18.0 Å². The predicted molar refractivity (Wildman–Crippen MR) is 128 cm³/mol. The Morgan fingerprint density at radius 1 is 1.21 bits per heavy atom. The predicted octanol–water partition coefficient (Wildman–Crippen LogP) is 2.81. The summed E-state index contributed by atoms with van der Waals surface area (Å²) >= 11 is 0. The van der Waals surface area contributed by atoms with E-state index in [1.165, 1.54) is 23.0 Å². The zero-order valence-electron chi connectivity index (χ0n) is 21.0. The van der Waals surface area contributed by atoms with Crippen LogP contribution in [0, 0.1) is 5.92 Å². The van der Waals surface area contributed by atoms with Gasteiger partial charge in [-0.25, -0.2) is 18.7 Å². The van der Waals surface area contributed by atoms with Gasteiger partial charge in [0.05, 0.1) is 37.2 Å². The summed E-state index contributed by atoms with van der Waals surface area (Å²) in [7, 11) is 0. The Kier molecular flexibility index (Phi) is 9.68. The summed E-state index contributed by atoms with van der Waals surface area (Å²) in [5, 5.41) is 12.1. The van der Waals surface area contributed by atoms with Crippen LogP contribution < -0.4 is 16.3 Å². The third-order valence-electron chi connectivity index (χ3n) is 5.07. The lowest BCUT2D eigenvalue weighted by Crippen LogP contribution is -2.27. The molecule has 16 heteroatoms. The number of amides is 2. The fraction of sp³-hybridized carbons (Fsp3) is 0.435. The van der Waals surface area contributed by atoms with E-state index >= 15 is 0 Å². The minimum absolute atomic E-state index is 0.000867. The highest BCUT2D eigenvalue weighted by atomic mass is 19.4. The van der Waals surface area contributed by atoms with Crippen molar-refractivity contribution in [1.29, 1.82) is 0 Å². The summed E-state index contributed by atoms with van der Waals surface area (Å²) in [5.74, 6) is -0.587. The average molecular weight is 555 g/mol. The van der Waals surface area contributed by atoms with E-state index in [1.807, 2.05) is 13.8 Å². The monoisotopic (exact) mass is 554 g/mol. The minimum atomic E-state index is -4.54. The fourth-order valence-corrected chi connectivity index (χ4v) is 3.13. The lowest BCUT2D eigenvalue weighted by Gasteiger charge is -2.11. The van der Waals surface area contributed by atoms with Gasteiger partial charge in [-0.3, -0.25) is 19.7 Å². The summed E-state index contributed by atoms with van der Waals surface area (Å²) in [6.07, 6.45) is -3.31. The molecular formula is C23H26F4N8O4. The Bertz CT molecular complexity index is 1340. The molecule has 0 aromatic carbocycles. The van der Waals surface area contributed by atoms with Crippen LogP contribution in [0.15, 0.2) is 41.6 Å². The highest BCUT2D eigenvalue weighted by molar-refractivity contribution is 5.91. The maximum absolute atomic E-state index is 14.5. The topological polar surface area (TPSA) is 146 Å². The van der Waals surface area contributed by atoms with Gasteiger partial charge in [-0.05, 0) is 30.5 Å². The van der Waals surface area contributed by atoms with Crippen molar-refractivity contribution in [3.63, 3.8) is 0 Å². The first kappa shape index (κ1) is 29.2. The number of hydrogen-bond donors (Lipinski definition) is 2. The van der Waals surface area contributed by atoms with Crippen LogP contribution >= 0.6 is 0 Å². The Hall–Kier alpha value is -4.37. The van der Waals surface area contributed by atoms with E-state index in [0.717, 1.165) is 23.0 Å². The Morgan fingerprint density at radius 3 is 2.67 bits per heavy atom. The molecule has 0 spiro atoms. The molecule has 2 N–H and O–H groups in total. The molecule has 0 saturated heterocycles. The third-order valence-corrected chi connectivity index (χ3v) is 5.07. The van der Waals surface area contributed by atoms with Gasteiger partial charge < -0.3 is 10.1 Å². The Balaban J connectivity index is 1.47. The number of carbonyl (C=O) groups excluding carboxylic acids is 2. The van der Waals surface area contributed by atoms with Crippen LogP contribution in [-0.2, 0) is 30.5 Å². The van der Waals surface area contributed by atoms with Gasteiger partial charge in [0.25, 0.3) is 5.91 Å². The molecule has 3 heterocycles. The van der Waals surface area contributed by atoms with Crippen molar-refractivity contribution in [3.05, 3.63) is 64.2 Å². The molecule has 0 radical (unpaired) electrons. The van der Waals surface area contributed by atoms with Crippen LogP contribution in [-0.4, -0.2) is 54.3 Å². The molecule has 0 saturated carbocycles. The molecule has 39 heavy (non-hydrogen) atoms. The first-order valence-electron chi connectivity index (χ1n) is 11.8. The van der Waals surface area contributed by atoms with Gasteiger partial charge in [0.2, 0.25) is 0 Å². The second-order valence-electron chi connectivity index (χ2n) is 8.83. The van der Waals surface area contributed by atoms with E-state index in [4.69, 9.17) is 4.74 Å². The second kappa shape index (κ2) is 12.9. The molecule has 0 fully saturated rings. The van der Waals surface area contributed by atoms with E-state index in [0.29, 0.717) is 0 Å². The molecule has 3 aromatic heterocycles. The first-order valence-corrected chi connectivity index (χ1v) is 11.8. The van der Waals surface area contributed by atoms with Gasteiger partial charge in [0, 0.05) is 18.9 Å². The average Bonchev–Trinajstić information content (AvgIpc) is 3.33. The number of nitrogens with zero attached hydrogens (tertiary/aromatic N) is 6. The second-order valence-corrected chi connectivity index (χ2v) is 8.83. The van der Waals surface area contributed by atoms with Crippen molar-refractivity contribution in [2.45, 2.75) is 52.3 Å². The molecule has 3 rings (SSSR count). The van der Waals surface area contributed by atoms with Crippen molar-refractivity contribution in [3.8, 4) is 0 Å². The van der Waals surface area contributed by atoms with Crippen LogP contribution in [0.4, 0.5) is 28.2 Å². The number of aryl methyl sites for hydroxylation is 1. The Labute approximate surface area is 219 Å². The molecule has 1 unspecified atom stereocenters. The number of ether oxygens (including phenoxy) is 1. The minimum Gasteiger partial charge on any atom is -0.449 e. The van der Waals surface area contributed by atoms with Crippen LogP contribution in [0.1, 0.15) is 42.0 Å². The van der Waals surface area contributed by atoms with Gasteiger partial charge in [0.15, 0.2) is 5.69 Å². The van der Waals surface area contributed by atoms with Crippen molar-refractivity contribution < 1.29 is 31.9 Å². The number of halogens is 4. The van der Waals surface area contributed by atoms with Crippen LogP contribution in [0.25, 0.3) is 0 Å². The number of aromatic nitrogens is 6. The molecule has 0 bridgehead atoms. The molecule has 210 valence electrons. The molecular weight excluding hydrogens is 528 g/mol. The van der Waals surface area contributed by atoms with Gasteiger partial charge in [-0.15, -0.1) is 5.10 Å². The number of hydrogen-bond acceptors (Lipinski definition) is 8. The molecule has 2 amide bonds. The highest BCUT2D eigenvalue weighted by Crippen LogP contribution is 2.28. The number of carbonyl (C=O) groups is 2. The van der Waals surface area contributed by atoms with Crippen molar-refractivity contribution in [2.24, 2.45) is 5.92 Å². The van der Waals surface area contributed by atoms with Gasteiger partial charge in [0.1, 0.15) is 12.0 Å². The number of nitrogens with one attached hydrogen (secondary N) is 2. The summed E-state index contributed by atoms with van der Waals surface area (Å²) in [5.41, 5.74) is -1.76. The van der Waals surface area contributed by atoms with Gasteiger partial charge in [-0.1, -0.05) is 19.1 Å². The standard InChI is InChI=1S/C23H26F4N8O4/c1-14(2)13-39-22(38)31-19-5-8-34(21(37)30-19)7-4-16(24)11-35-12-18(32-33-35)20(36)29-10-17-9-15(3-6-28-17)23(25,26)27/h3,5-6,8-9,12,14,16H,4,7,10-11,13H2,1-2H3,(H,29,36)(H,30,31,37,38). The SMILES string of the molecule is CC(C)COC(=O)Nc1ccn(CCC(F)Cn2cc(C(=O)NCc3cc(C(F)(F)F)ccn3)nn2)c(=O)n1. The summed E-state index contributed by atoms with van der Waals surface area (Å²) in [6, 6.07) is 3.01. The smallest absolute Gasteiger partial charge is 0.416 e. The molecule has 3 aromatic rings. The largest absolute Gasteiger partial charge is 0.449 e. The first-order chi connectivity index (χ1) is 18.4. The number of anilines is 1. The third kappa shape index (κ3) is 9.15. The quantitative estimate of drug-likeness (QED) is 0.344. The fourth-order valence-electron chi connectivity index (χ4n) is 3.13. The Morgan fingerprint density at radius 2 is 1.97 bits per heavy atom. The zero-order chi connectivity index (χ0) is 28.6. The lowest BCUT2D eigenvalue weighted by molar-refractivity contribution is -0.137. The van der Waals surface area contributed by atoms with E-state index in [1.54, 1.807) is 0 Å². The maximum Gasteiger partial charge on any atom is 0.416 e. The van der Waals surface area contributed by atoms with Crippen molar-refractivity contribution in [1.82, 2.24) is 34.8 Å². The van der Waals surface area contributed by atoms with Crippen LogP contribution in [0.3, 0.4) is 0 Å².